The number of hydrogen-bond acceptors (Lipinski definition) is 1. The highest BCUT2D eigenvalue weighted by Crippen LogP contribution is 2.48. The molecule has 0 aromatic carbocycles. The Balaban J connectivity index is 2.07. The van der Waals surface area contributed by atoms with Gasteiger partial charge in [-0.25, -0.2) is 0 Å². The van der Waals surface area contributed by atoms with Crippen LogP contribution in [0.1, 0.15) is 24.6 Å². The van der Waals surface area contributed by atoms with Crippen molar-refractivity contribution < 1.29 is 0 Å². The molecule has 1 aliphatic carbocycles. The molecule has 0 amide bonds. The Morgan fingerprint density at radius 3 is 2.79 bits per heavy atom. The molecule has 0 aliphatic heterocycles. The Bertz CT molecular complexity index is 319. The van der Waals surface area contributed by atoms with Gasteiger partial charge in [-0.2, -0.15) is 0 Å². The Kier molecular flexibility index (Phi) is 3.25. The third-order valence-electron chi connectivity index (χ3n) is 3.07. The van der Waals surface area contributed by atoms with Gasteiger partial charge in [0.05, 0.1) is 0 Å². The molecule has 1 aromatic rings. The van der Waals surface area contributed by atoms with Crippen LogP contribution >= 0.6 is 38.9 Å². The number of rotatable bonds is 4. The Morgan fingerprint density at radius 1 is 1.64 bits per heavy atom. The molecule has 1 atom stereocenters. The molecule has 0 N–H and O–H groups in total. The summed E-state index contributed by atoms with van der Waals surface area (Å²) in [5.41, 5.74) is 0.325. The van der Waals surface area contributed by atoms with Gasteiger partial charge in [-0.1, -0.05) is 6.92 Å². The standard InChI is InChI=1S/C11H14BrClS/c1-11(7-13,8-2-3-8)5-10-4-9(12)6-14-10/h4,6,8H,2-3,5,7H2,1H3. The molecule has 3 heteroatoms. The largest absolute Gasteiger partial charge is 0.148 e. The zero-order valence-corrected chi connectivity index (χ0v) is 11.4. The van der Waals surface area contributed by atoms with Crippen molar-refractivity contribution in [2.24, 2.45) is 11.3 Å². The first-order valence-corrected chi connectivity index (χ1v) is 7.14. The third kappa shape index (κ3) is 2.34. The van der Waals surface area contributed by atoms with Crippen LogP contribution < -0.4 is 0 Å². The van der Waals surface area contributed by atoms with Crippen molar-refractivity contribution in [2.75, 3.05) is 5.88 Å². The Labute approximate surface area is 103 Å². The molecule has 0 spiro atoms. The van der Waals surface area contributed by atoms with Crippen molar-refractivity contribution in [2.45, 2.75) is 26.2 Å². The number of thiophene rings is 1. The average Bonchev–Trinajstić information content (AvgIpc) is 2.93. The first-order valence-electron chi connectivity index (χ1n) is 4.93. The summed E-state index contributed by atoms with van der Waals surface area (Å²) in [4.78, 5) is 1.45. The molecular formula is C11H14BrClS. The normalized spacial score (nSPS) is 20.8. The van der Waals surface area contributed by atoms with E-state index in [1.165, 1.54) is 22.2 Å². The van der Waals surface area contributed by atoms with Gasteiger partial charge in [0.25, 0.3) is 0 Å². The molecule has 78 valence electrons. The summed E-state index contributed by atoms with van der Waals surface area (Å²) in [6.45, 7) is 2.32. The van der Waals surface area contributed by atoms with Gasteiger partial charge in [-0.15, -0.1) is 22.9 Å². The molecule has 2 rings (SSSR count). The highest BCUT2D eigenvalue weighted by molar-refractivity contribution is 9.10. The van der Waals surface area contributed by atoms with Gasteiger partial charge in [0.1, 0.15) is 0 Å². The first kappa shape index (κ1) is 11.0. The molecule has 1 saturated carbocycles. The Hall–Kier alpha value is 0.470. The Morgan fingerprint density at radius 2 is 2.36 bits per heavy atom. The lowest BCUT2D eigenvalue weighted by Gasteiger charge is -2.26. The highest BCUT2D eigenvalue weighted by Gasteiger charge is 2.40. The predicted octanol–water partition coefficient (Wildman–Crippen LogP) is 4.71. The van der Waals surface area contributed by atoms with E-state index in [1.807, 2.05) is 11.3 Å². The summed E-state index contributed by atoms with van der Waals surface area (Å²) in [5, 5.41) is 2.15. The van der Waals surface area contributed by atoms with E-state index in [9.17, 15) is 0 Å². The van der Waals surface area contributed by atoms with Crippen LogP contribution in [-0.4, -0.2) is 5.88 Å². The lowest BCUT2D eigenvalue weighted by molar-refractivity contribution is 0.316. The van der Waals surface area contributed by atoms with Crippen molar-refractivity contribution >= 4 is 38.9 Å². The minimum Gasteiger partial charge on any atom is -0.148 e. The molecule has 0 nitrogen and oxygen atoms in total. The lowest BCUT2D eigenvalue weighted by atomic mass is 9.83. The topological polar surface area (TPSA) is 0 Å². The number of alkyl halides is 1. The highest BCUT2D eigenvalue weighted by atomic mass is 79.9. The molecule has 1 fully saturated rings. The molecule has 0 saturated heterocycles. The number of halogens is 2. The van der Waals surface area contributed by atoms with Gasteiger partial charge in [0.2, 0.25) is 0 Å². The van der Waals surface area contributed by atoms with Gasteiger partial charge in [-0.05, 0) is 52.6 Å². The van der Waals surface area contributed by atoms with Crippen LogP contribution in [-0.2, 0) is 6.42 Å². The van der Waals surface area contributed by atoms with Crippen molar-refractivity contribution in [3.05, 3.63) is 20.8 Å². The summed E-state index contributed by atoms with van der Waals surface area (Å²) in [5.74, 6) is 1.65. The van der Waals surface area contributed by atoms with E-state index in [0.717, 1.165) is 18.2 Å². The van der Waals surface area contributed by atoms with Gasteiger partial charge >= 0.3 is 0 Å². The van der Waals surface area contributed by atoms with E-state index in [1.54, 1.807) is 0 Å². The van der Waals surface area contributed by atoms with Crippen molar-refractivity contribution in [3.8, 4) is 0 Å². The van der Waals surface area contributed by atoms with Gasteiger partial charge in [0, 0.05) is 20.6 Å². The van der Waals surface area contributed by atoms with Crippen LogP contribution in [0.2, 0.25) is 0 Å². The molecule has 0 radical (unpaired) electrons. The third-order valence-corrected chi connectivity index (χ3v) is 5.38. The minimum atomic E-state index is 0.325. The second-order valence-corrected chi connectivity index (χ2v) is 6.65. The summed E-state index contributed by atoms with van der Waals surface area (Å²) >= 11 is 11.4. The molecule has 1 unspecified atom stereocenters. The maximum absolute atomic E-state index is 6.09. The first-order chi connectivity index (χ1) is 6.64. The summed E-state index contributed by atoms with van der Waals surface area (Å²) in [6.07, 6.45) is 3.88. The van der Waals surface area contributed by atoms with Crippen molar-refractivity contribution in [1.82, 2.24) is 0 Å². The smallest absolute Gasteiger partial charge is 0.0285 e. The fraction of sp³-hybridized carbons (Fsp3) is 0.636. The van der Waals surface area contributed by atoms with E-state index in [4.69, 9.17) is 11.6 Å². The van der Waals surface area contributed by atoms with Crippen LogP contribution in [0.4, 0.5) is 0 Å². The average molecular weight is 294 g/mol. The van der Waals surface area contributed by atoms with Gasteiger partial charge in [0.15, 0.2) is 0 Å². The van der Waals surface area contributed by atoms with Crippen molar-refractivity contribution in [1.29, 1.82) is 0 Å². The maximum Gasteiger partial charge on any atom is 0.0285 e. The quantitative estimate of drug-likeness (QED) is 0.705. The molecule has 1 aromatic heterocycles. The molecule has 1 aliphatic rings. The zero-order valence-electron chi connectivity index (χ0n) is 8.22. The van der Waals surface area contributed by atoms with Crippen LogP contribution in [0, 0.1) is 11.3 Å². The molecule has 1 heterocycles. The monoisotopic (exact) mass is 292 g/mol. The fourth-order valence-corrected chi connectivity index (χ4v) is 3.89. The van der Waals surface area contributed by atoms with Crippen LogP contribution in [0.25, 0.3) is 0 Å². The van der Waals surface area contributed by atoms with Crippen molar-refractivity contribution in [3.63, 3.8) is 0 Å². The molecule has 14 heavy (non-hydrogen) atoms. The van der Waals surface area contributed by atoms with E-state index in [-0.39, 0.29) is 0 Å². The fourth-order valence-electron chi connectivity index (χ4n) is 1.93. The van der Waals surface area contributed by atoms with E-state index < -0.39 is 0 Å². The second kappa shape index (κ2) is 4.15. The molecule has 0 bridgehead atoms. The zero-order chi connectivity index (χ0) is 10.2. The van der Waals surface area contributed by atoms with Gasteiger partial charge in [-0.3, -0.25) is 0 Å². The van der Waals surface area contributed by atoms with E-state index in [2.05, 4.69) is 34.3 Å². The molecular weight excluding hydrogens is 280 g/mol. The van der Waals surface area contributed by atoms with E-state index >= 15 is 0 Å². The van der Waals surface area contributed by atoms with E-state index in [0.29, 0.717) is 5.41 Å². The van der Waals surface area contributed by atoms with Crippen LogP contribution in [0.15, 0.2) is 15.9 Å². The second-order valence-electron chi connectivity index (χ2n) is 4.47. The van der Waals surface area contributed by atoms with Crippen LogP contribution in [0.3, 0.4) is 0 Å². The lowest BCUT2D eigenvalue weighted by Crippen LogP contribution is -2.23. The summed E-state index contributed by atoms with van der Waals surface area (Å²) in [7, 11) is 0. The summed E-state index contributed by atoms with van der Waals surface area (Å²) < 4.78 is 1.20. The maximum atomic E-state index is 6.09. The SMILES string of the molecule is CC(CCl)(Cc1cc(Br)cs1)C1CC1. The minimum absolute atomic E-state index is 0.325. The van der Waals surface area contributed by atoms with Crippen LogP contribution in [0.5, 0.6) is 0 Å². The predicted molar refractivity (Wildman–Crippen MR) is 67.3 cm³/mol. The van der Waals surface area contributed by atoms with Gasteiger partial charge < -0.3 is 0 Å². The number of hydrogen-bond donors (Lipinski definition) is 0. The summed E-state index contributed by atoms with van der Waals surface area (Å²) in [6, 6.07) is 2.22.